The van der Waals surface area contributed by atoms with E-state index in [0.29, 0.717) is 17.0 Å². The van der Waals surface area contributed by atoms with Gasteiger partial charge >= 0.3 is 0 Å². The molecule has 0 saturated heterocycles. The average Bonchev–Trinajstić information content (AvgIpc) is 3.16. The summed E-state index contributed by atoms with van der Waals surface area (Å²) in [5.74, 6) is 0.754. The van der Waals surface area contributed by atoms with Crippen LogP contribution in [-0.4, -0.2) is 21.4 Å². The fourth-order valence-electron chi connectivity index (χ4n) is 2.85. The lowest BCUT2D eigenvalue weighted by Crippen LogP contribution is -2.23. The van der Waals surface area contributed by atoms with Crippen molar-refractivity contribution in [2.75, 3.05) is 5.32 Å². The van der Waals surface area contributed by atoms with Crippen molar-refractivity contribution in [3.63, 3.8) is 0 Å². The summed E-state index contributed by atoms with van der Waals surface area (Å²) in [6.07, 6.45) is 1.01. The Morgan fingerprint density at radius 2 is 1.93 bits per heavy atom. The van der Waals surface area contributed by atoms with Crippen molar-refractivity contribution in [3.05, 3.63) is 59.7 Å². The van der Waals surface area contributed by atoms with Gasteiger partial charge in [-0.2, -0.15) is 0 Å². The summed E-state index contributed by atoms with van der Waals surface area (Å²) in [7, 11) is 0. The molecular weight excluding hydrogens is 370 g/mol. The van der Waals surface area contributed by atoms with Crippen molar-refractivity contribution in [2.45, 2.75) is 50.5 Å². The van der Waals surface area contributed by atoms with Crippen LogP contribution in [0.3, 0.4) is 0 Å². The van der Waals surface area contributed by atoms with Gasteiger partial charge in [0, 0.05) is 11.3 Å². The fraction of sp³-hybridized carbons (Fsp3) is 0.318. The van der Waals surface area contributed by atoms with Crippen LogP contribution in [-0.2, 0) is 4.79 Å². The van der Waals surface area contributed by atoms with Gasteiger partial charge in [-0.15, -0.1) is 10.2 Å². The van der Waals surface area contributed by atoms with E-state index < -0.39 is 0 Å². The summed E-state index contributed by atoms with van der Waals surface area (Å²) in [5, 5.41) is 11.2. The number of benzene rings is 2. The van der Waals surface area contributed by atoms with Crippen LogP contribution in [0.25, 0.3) is 11.5 Å². The van der Waals surface area contributed by atoms with Gasteiger partial charge in [0.2, 0.25) is 11.8 Å². The van der Waals surface area contributed by atoms with Crippen molar-refractivity contribution in [1.82, 2.24) is 10.2 Å². The summed E-state index contributed by atoms with van der Waals surface area (Å²) in [6, 6.07) is 15.8. The first-order chi connectivity index (χ1) is 13.5. The molecular formula is C22H25N3O2S. The van der Waals surface area contributed by atoms with Crippen LogP contribution in [0.15, 0.2) is 58.2 Å². The van der Waals surface area contributed by atoms with Crippen LogP contribution < -0.4 is 5.32 Å². The standard InChI is InChI=1S/C22H25N3O2S/c1-5-15(3)18-11-6-7-12-19(18)23-20(26)16(4)28-22-25-24-21(27-22)17-10-8-9-14(2)13-17/h6-13,15-16H,5H2,1-4H3,(H,23,26)/t15-,16-/m1/s1. The molecule has 5 nitrogen and oxygen atoms in total. The molecule has 0 aliphatic heterocycles. The zero-order valence-corrected chi connectivity index (χ0v) is 17.4. The molecule has 28 heavy (non-hydrogen) atoms. The first-order valence-electron chi connectivity index (χ1n) is 9.45. The number of anilines is 1. The highest BCUT2D eigenvalue weighted by molar-refractivity contribution is 8.00. The molecule has 0 aliphatic carbocycles. The topological polar surface area (TPSA) is 68.0 Å². The molecule has 0 fully saturated rings. The highest BCUT2D eigenvalue weighted by atomic mass is 32.2. The van der Waals surface area contributed by atoms with Crippen molar-refractivity contribution >= 4 is 23.4 Å². The Kier molecular flexibility index (Phi) is 6.52. The lowest BCUT2D eigenvalue weighted by molar-refractivity contribution is -0.115. The molecule has 0 bridgehead atoms. The van der Waals surface area contributed by atoms with Crippen LogP contribution in [0, 0.1) is 6.92 Å². The molecule has 3 aromatic rings. The van der Waals surface area contributed by atoms with Gasteiger partial charge in [-0.05, 0) is 49.9 Å². The van der Waals surface area contributed by atoms with Gasteiger partial charge in [0.15, 0.2) is 0 Å². The minimum atomic E-state index is -0.365. The SMILES string of the molecule is CC[C@@H](C)c1ccccc1NC(=O)[C@@H](C)Sc1nnc(-c2cccc(C)c2)o1. The van der Waals surface area contributed by atoms with Gasteiger partial charge in [-0.1, -0.05) is 61.5 Å². The molecule has 0 saturated carbocycles. The van der Waals surface area contributed by atoms with Gasteiger partial charge in [-0.25, -0.2) is 0 Å². The molecule has 0 aliphatic rings. The van der Waals surface area contributed by atoms with Crippen LogP contribution in [0.1, 0.15) is 44.2 Å². The number of hydrogen-bond acceptors (Lipinski definition) is 5. The number of hydrogen-bond donors (Lipinski definition) is 1. The van der Waals surface area contributed by atoms with E-state index in [9.17, 15) is 4.79 Å². The van der Waals surface area contributed by atoms with E-state index in [0.717, 1.165) is 28.8 Å². The van der Waals surface area contributed by atoms with Gasteiger partial charge in [0.05, 0.1) is 5.25 Å². The molecule has 6 heteroatoms. The summed E-state index contributed by atoms with van der Waals surface area (Å²) >= 11 is 1.26. The Bertz CT molecular complexity index is 954. The average molecular weight is 396 g/mol. The fourth-order valence-corrected chi connectivity index (χ4v) is 3.54. The number of carbonyl (C=O) groups is 1. The van der Waals surface area contributed by atoms with Crippen molar-refractivity contribution in [1.29, 1.82) is 0 Å². The minimum absolute atomic E-state index is 0.0870. The van der Waals surface area contributed by atoms with Crippen molar-refractivity contribution < 1.29 is 9.21 Å². The Balaban J connectivity index is 1.67. The Morgan fingerprint density at radius 1 is 1.14 bits per heavy atom. The van der Waals surface area contributed by atoms with Crippen molar-refractivity contribution in [3.8, 4) is 11.5 Å². The van der Waals surface area contributed by atoms with E-state index in [1.54, 1.807) is 0 Å². The zero-order valence-electron chi connectivity index (χ0n) is 16.6. The second-order valence-corrected chi connectivity index (χ2v) is 8.18. The monoisotopic (exact) mass is 395 g/mol. The number of nitrogens with zero attached hydrogens (tertiary/aromatic N) is 2. The quantitative estimate of drug-likeness (QED) is 0.521. The molecule has 0 radical (unpaired) electrons. The summed E-state index contributed by atoms with van der Waals surface area (Å²) in [6.45, 7) is 8.15. The molecule has 1 amide bonds. The van der Waals surface area contributed by atoms with Gasteiger partial charge in [0.25, 0.3) is 5.22 Å². The van der Waals surface area contributed by atoms with E-state index in [4.69, 9.17) is 4.42 Å². The Morgan fingerprint density at radius 3 is 2.68 bits per heavy atom. The molecule has 0 spiro atoms. The molecule has 146 valence electrons. The predicted molar refractivity (Wildman–Crippen MR) is 114 cm³/mol. The lowest BCUT2D eigenvalue weighted by Gasteiger charge is -2.17. The number of para-hydroxylation sites is 1. The maximum absolute atomic E-state index is 12.7. The third-order valence-corrected chi connectivity index (χ3v) is 5.61. The molecule has 1 heterocycles. The Hall–Kier alpha value is -2.60. The van der Waals surface area contributed by atoms with Crippen molar-refractivity contribution in [2.24, 2.45) is 0 Å². The first kappa shape index (κ1) is 20.1. The van der Waals surface area contributed by atoms with E-state index in [-0.39, 0.29) is 11.2 Å². The van der Waals surface area contributed by atoms with Crippen LogP contribution in [0.4, 0.5) is 5.69 Å². The van der Waals surface area contributed by atoms with Crippen LogP contribution in [0.2, 0.25) is 0 Å². The maximum Gasteiger partial charge on any atom is 0.277 e. The molecule has 3 rings (SSSR count). The molecule has 1 aromatic heterocycles. The second-order valence-electron chi connectivity index (χ2n) is 6.89. The number of aromatic nitrogens is 2. The summed E-state index contributed by atoms with van der Waals surface area (Å²) < 4.78 is 5.74. The minimum Gasteiger partial charge on any atom is -0.411 e. The van der Waals surface area contributed by atoms with E-state index in [1.807, 2.05) is 56.3 Å². The molecule has 2 atom stereocenters. The number of rotatable bonds is 7. The first-order valence-corrected chi connectivity index (χ1v) is 10.3. The predicted octanol–water partition coefficient (Wildman–Crippen LogP) is 5.68. The van der Waals surface area contributed by atoms with E-state index in [1.165, 1.54) is 11.8 Å². The second kappa shape index (κ2) is 9.06. The molecule has 2 aromatic carbocycles. The van der Waals surface area contributed by atoms with Gasteiger partial charge in [-0.3, -0.25) is 4.79 Å². The van der Waals surface area contributed by atoms with Crippen LogP contribution >= 0.6 is 11.8 Å². The largest absolute Gasteiger partial charge is 0.411 e. The lowest BCUT2D eigenvalue weighted by atomic mass is 9.97. The van der Waals surface area contributed by atoms with E-state index in [2.05, 4.69) is 35.4 Å². The Labute approximate surface area is 170 Å². The normalized spacial score (nSPS) is 13.1. The molecule has 1 N–H and O–H groups in total. The van der Waals surface area contributed by atoms with E-state index >= 15 is 0 Å². The third-order valence-electron chi connectivity index (χ3n) is 4.68. The number of aryl methyl sites for hydroxylation is 1. The number of thioether (sulfide) groups is 1. The van der Waals surface area contributed by atoms with Crippen LogP contribution in [0.5, 0.6) is 0 Å². The number of amides is 1. The maximum atomic E-state index is 12.7. The zero-order chi connectivity index (χ0) is 20.1. The highest BCUT2D eigenvalue weighted by Crippen LogP contribution is 2.29. The summed E-state index contributed by atoms with van der Waals surface area (Å²) in [4.78, 5) is 12.7. The summed E-state index contributed by atoms with van der Waals surface area (Å²) in [5.41, 5.74) is 4.01. The number of nitrogens with one attached hydrogen (secondary N) is 1. The van der Waals surface area contributed by atoms with Gasteiger partial charge < -0.3 is 9.73 Å². The highest BCUT2D eigenvalue weighted by Gasteiger charge is 2.20. The molecule has 0 unspecified atom stereocenters. The number of carbonyl (C=O) groups excluding carboxylic acids is 1. The third kappa shape index (κ3) is 4.81. The smallest absolute Gasteiger partial charge is 0.277 e. The van der Waals surface area contributed by atoms with Gasteiger partial charge in [0.1, 0.15) is 0 Å².